The Morgan fingerprint density at radius 3 is 2.94 bits per heavy atom. The van der Waals surface area contributed by atoms with Crippen LogP contribution in [-0.4, -0.2) is 38.9 Å². The number of nitrogens with two attached hydrogens (primary N) is 1. The zero-order valence-electron chi connectivity index (χ0n) is 8.24. The SMILES string of the molecule is NCC(F)(F)CNc1ncnc2nc[nH]c12. The summed E-state index contributed by atoms with van der Waals surface area (Å²) in [7, 11) is 0. The highest BCUT2D eigenvalue weighted by molar-refractivity contribution is 5.81. The zero-order chi connectivity index (χ0) is 11.6. The van der Waals surface area contributed by atoms with Crippen molar-refractivity contribution in [3.63, 3.8) is 0 Å². The molecule has 0 atom stereocenters. The highest BCUT2D eigenvalue weighted by Crippen LogP contribution is 2.17. The lowest BCUT2D eigenvalue weighted by Crippen LogP contribution is -2.35. The van der Waals surface area contributed by atoms with Crippen molar-refractivity contribution in [1.82, 2.24) is 19.9 Å². The van der Waals surface area contributed by atoms with E-state index in [2.05, 4.69) is 25.3 Å². The predicted molar refractivity (Wildman–Crippen MR) is 54.2 cm³/mol. The van der Waals surface area contributed by atoms with Crippen molar-refractivity contribution in [2.24, 2.45) is 5.73 Å². The molecule has 0 spiro atoms. The summed E-state index contributed by atoms with van der Waals surface area (Å²) in [5, 5.41) is 2.51. The fourth-order valence-electron chi connectivity index (χ4n) is 1.18. The number of hydrogen-bond donors (Lipinski definition) is 3. The number of anilines is 1. The molecule has 0 aliphatic rings. The third-order valence-corrected chi connectivity index (χ3v) is 2.04. The van der Waals surface area contributed by atoms with Gasteiger partial charge in [-0.1, -0.05) is 0 Å². The lowest BCUT2D eigenvalue weighted by atomic mass is 10.3. The number of H-pyrrole nitrogens is 1. The summed E-state index contributed by atoms with van der Waals surface area (Å²) in [5.74, 6) is -2.67. The van der Waals surface area contributed by atoms with Crippen molar-refractivity contribution in [3.8, 4) is 0 Å². The molecule has 6 nitrogen and oxygen atoms in total. The molecule has 4 N–H and O–H groups in total. The van der Waals surface area contributed by atoms with Gasteiger partial charge in [0, 0.05) is 0 Å². The second-order valence-corrected chi connectivity index (χ2v) is 3.24. The fourth-order valence-corrected chi connectivity index (χ4v) is 1.18. The zero-order valence-corrected chi connectivity index (χ0v) is 8.24. The van der Waals surface area contributed by atoms with Crippen LogP contribution in [0.5, 0.6) is 0 Å². The first-order valence-electron chi connectivity index (χ1n) is 4.58. The standard InChI is InChI=1S/C8H10F2N6/c9-8(10,1-11)2-12-6-5-7(14-3-13-5)16-4-15-6/h3-4H,1-2,11H2,(H2,12,13,14,15,16). The van der Waals surface area contributed by atoms with Crippen LogP contribution in [0, 0.1) is 0 Å². The molecule has 0 radical (unpaired) electrons. The third-order valence-electron chi connectivity index (χ3n) is 2.04. The van der Waals surface area contributed by atoms with E-state index in [1.807, 2.05) is 0 Å². The van der Waals surface area contributed by atoms with Gasteiger partial charge in [0.05, 0.1) is 19.4 Å². The van der Waals surface area contributed by atoms with Crippen molar-refractivity contribution in [2.75, 3.05) is 18.4 Å². The molecular weight excluding hydrogens is 218 g/mol. The minimum absolute atomic E-state index is 0.288. The quantitative estimate of drug-likeness (QED) is 0.702. The van der Waals surface area contributed by atoms with Gasteiger partial charge in [0.2, 0.25) is 0 Å². The first kappa shape index (κ1) is 10.7. The van der Waals surface area contributed by atoms with E-state index in [9.17, 15) is 8.78 Å². The minimum Gasteiger partial charge on any atom is -0.362 e. The number of aromatic nitrogens is 4. The van der Waals surface area contributed by atoms with Crippen molar-refractivity contribution in [3.05, 3.63) is 12.7 Å². The molecule has 0 fully saturated rings. The molecule has 0 saturated heterocycles. The van der Waals surface area contributed by atoms with Gasteiger partial charge in [-0.15, -0.1) is 0 Å². The molecule has 0 aromatic carbocycles. The first-order chi connectivity index (χ1) is 7.62. The summed E-state index contributed by atoms with van der Waals surface area (Å²) in [6.45, 7) is -1.29. The molecule has 0 bridgehead atoms. The highest BCUT2D eigenvalue weighted by Gasteiger charge is 2.26. The Hall–Kier alpha value is -1.83. The number of aromatic amines is 1. The van der Waals surface area contributed by atoms with Crippen LogP contribution < -0.4 is 11.1 Å². The Kier molecular flexibility index (Phi) is 2.65. The van der Waals surface area contributed by atoms with Crippen LogP contribution in [0.25, 0.3) is 11.2 Å². The summed E-state index contributed by atoms with van der Waals surface area (Å²) in [6, 6.07) is 0. The molecule has 0 aliphatic carbocycles. The van der Waals surface area contributed by atoms with Gasteiger partial charge in [-0.25, -0.2) is 23.7 Å². The molecule has 2 heterocycles. The van der Waals surface area contributed by atoms with Crippen LogP contribution in [-0.2, 0) is 0 Å². The molecule has 0 unspecified atom stereocenters. The van der Waals surface area contributed by atoms with Gasteiger partial charge in [-0.3, -0.25) is 0 Å². The van der Waals surface area contributed by atoms with E-state index in [-0.39, 0.29) is 5.82 Å². The fraction of sp³-hybridized carbons (Fsp3) is 0.375. The van der Waals surface area contributed by atoms with Gasteiger partial charge in [-0.05, 0) is 0 Å². The smallest absolute Gasteiger partial charge is 0.276 e. The topological polar surface area (TPSA) is 92.5 Å². The Morgan fingerprint density at radius 1 is 1.38 bits per heavy atom. The molecule has 0 aliphatic heterocycles. The predicted octanol–water partition coefficient (Wildman–Crippen LogP) is 0.359. The number of fused-ring (bicyclic) bond motifs is 1. The largest absolute Gasteiger partial charge is 0.362 e. The number of nitrogens with zero attached hydrogens (tertiary/aromatic N) is 3. The molecular formula is C8H10F2N6. The molecule has 86 valence electrons. The molecule has 8 heteroatoms. The molecule has 0 amide bonds. The Balaban J connectivity index is 2.18. The molecule has 2 rings (SSSR count). The maximum Gasteiger partial charge on any atom is 0.276 e. The Labute approximate surface area is 89.3 Å². The summed E-state index contributed by atoms with van der Waals surface area (Å²) < 4.78 is 25.8. The van der Waals surface area contributed by atoms with Crippen molar-refractivity contribution < 1.29 is 8.78 Å². The monoisotopic (exact) mass is 228 g/mol. The van der Waals surface area contributed by atoms with Gasteiger partial charge in [0.1, 0.15) is 11.8 Å². The van der Waals surface area contributed by atoms with Gasteiger partial charge in [0.15, 0.2) is 11.5 Å². The lowest BCUT2D eigenvalue weighted by molar-refractivity contribution is 0.0253. The lowest BCUT2D eigenvalue weighted by Gasteiger charge is -2.14. The van der Waals surface area contributed by atoms with Crippen molar-refractivity contribution in [1.29, 1.82) is 0 Å². The van der Waals surface area contributed by atoms with Crippen LogP contribution >= 0.6 is 0 Å². The van der Waals surface area contributed by atoms with E-state index in [1.54, 1.807) is 0 Å². The van der Waals surface area contributed by atoms with Crippen LogP contribution in [0.2, 0.25) is 0 Å². The molecule has 0 saturated carbocycles. The van der Waals surface area contributed by atoms with Crippen molar-refractivity contribution >= 4 is 17.0 Å². The number of nitrogens with one attached hydrogen (secondary N) is 2. The van der Waals surface area contributed by atoms with E-state index in [4.69, 9.17) is 5.73 Å². The molecule has 2 aromatic heterocycles. The second-order valence-electron chi connectivity index (χ2n) is 3.24. The van der Waals surface area contributed by atoms with Crippen molar-refractivity contribution in [2.45, 2.75) is 5.92 Å². The average Bonchev–Trinajstić information content (AvgIpc) is 2.75. The van der Waals surface area contributed by atoms with Crippen LogP contribution in [0.3, 0.4) is 0 Å². The summed E-state index contributed by atoms with van der Waals surface area (Å²) >= 11 is 0. The maximum atomic E-state index is 12.9. The van der Waals surface area contributed by atoms with Gasteiger partial charge in [-0.2, -0.15) is 0 Å². The number of imidazole rings is 1. The second kappa shape index (κ2) is 3.97. The van der Waals surface area contributed by atoms with Gasteiger partial charge >= 0.3 is 0 Å². The van der Waals surface area contributed by atoms with Gasteiger partial charge < -0.3 is 16.0 Å². The number of rotatable bonds is 4. The Morgan fingerprint density at radius 2 is 2.19 bits per heavy atom. The average molecular weight is 228 g/mol. The van der Waals surface area contributed by atoms with E-state index >= 15 is 0 Å². The van der Waals surface area contributed by atoms with Crippen LogP contribution in [0.1, 0.15) is 0 Å². The highest BCUT2D eigenvalue weighted by atomic mass is 19.3. The van der Waals surface area contributed by atoms with Crippen LogP contribution in [0.15, 0.2) is 12.7 Å². The van der Waals surface area contributed by atoms with E-state index in [0.29, 0.717) is 11.2 Å². The van der Waals surface area contributed by atoms with Gasteiger partial charge in [0.25, 0.3) is 5.92 Å². The summed E-state index contributed by atoms with van der Waals surface area (Å²) in [5.41, 5.74) is 5.84. The molecule has 16 heavy (non-hydrogen) atoms. The number of halogens is 2. The maximum absolute atomic E-state index is 12.9. The van der Waals surface area contributed by atoms with E-state index < -0.39 is 19.0 Å². The van der Waals surface area contributed by atoms with E-state index in [1.165, 1.54) is 12.7 Å². The third kappa shape index (κ3) is 2.06. The number of alkyl halides is 2. The Bertz CT molecular complexity index is 482. The summed E-state index contributed by atoms with van der Waals surface area (Å²) in [6.07, 6.45) is 2.68. The normalized spacial score (nSPS) is 11.9. The van der Waals surface area contributed by atoms with Crippen LogP contribution in [0.4, 0.5) is 14.6 Å². The minimum atomic E-state index is -2.96. The first-order valence-corrected chi connectivity index (χ1v) is 4.58. The molecule has 2 aromatic rings. The number of hydrogen-bond acceptors (Lipinski definition) is 5. The van der Waals surface area contributed by atoms with E-state index in [0.717, 1.165) is 0 Å². The summed E-state index contributed by atoms with van der Waals surface area (Å²) in [4.78, 5) is 14.4.